The van der Waals surface area contributed by atoms with Crippen molar-refractivity contribution in [3.63, 3.8) is 0 Å². The van der Waals surface area contributed by atoms with E-state index in [1.165, 1.54) is 12.1 Å². The smallest absolute Gasteiger partial charge is 0.241 e. The molecular weight excluding hydrogens is 368 g/mol. The van der Waals surface area contributed by atoms with Gasteiger partial charge in [0, 0.05) is 23.9 Å². The number of anilines is 1. The zero-order chi connectivity index (χ0) is 15.3. The number of aliphatic hydroxyl groups excluding tert-OH is 1. The molecule has 0 heterocycles. The Morgan fingerprint density at radius 2 is 2.15 bits per heavy atom. The Morgan fingerprint density at radius 3 is 2.70 bits per heavy atom. The van der Waals surface area contributed by atoms with Gasteiger partial charge in [-0.15, -0.1) is 0 Å². The first-order chi connectivity index (χ1) is 9.31. The summed E-state index contributed by atoms with van der Waals surface area (Å²) in [4.78, 5) is 0.0151. The Bertz CT molecular complexity index is 566. The van der Waals surface area contributed by atoms with Crippen molar-refractivity contribution in [2.75, 3.05) is 18.9 Å². The first-order valence-corrected chi connectivity index (χ1v) is 8.82. The van der Waals surface area contributed by atoms with Crippen molar-refractivity contribution in [3.8, 4) is 0 Å². The molecule has 4 N–H and O–H groups in total. The number of sulfonamides is 1. The molecule has 0 aliphatic rings. The van der Waals surface area contributed by atoms with E-state index >= 15 is 0 Å². The number of rotatable bonds is 7. The Labute approximate surface area is 132 Å². The Balaban J connectivity index is 2.94. The predicted octanol–water partition coefficient (Wildman–Crippen LogP) is 2.37. The molecule has 1 unspecified atom stereocenters. The molecule has 0 aliphatic carbocycles. The van der Waals surface area contributed by atoms with Gasteiger partial charge in [-0.2, -0.15) is 0 Å². The van der Waals surface area contributed by atoms with Crippen molar-refractivity contribution in [1.29, 1.82) is 0 Å². The predicted molar refractivity (Wildman–Crippen MR) is 84.2 cm³/mol. The van der Waals surface area contributed by atoms with Gasteiger partial charge in [0.2, 0.25) is 10.0 Å². The Morgan fingerprint density at radius 1 is 1.50 bits per heavy atom. The third kappa shape index (κ3) is 4.60. The van der Waals surface area contributed by atoms with Crippen LogP contribution in [0.2, 0.25) is 5.02 Å². The van der Waals surface area contributed by atoms with Gasteiger partial charge in [0.15, 0.2) is 0 Å². The van der Waals surface area contributed by atoms with Crippen molar-refractivity contribution in [2.24, 2.45) is 5.92 Å². The van der Waals surface area contributed by atoms with E-state index in [9.17, 15) is 8.42 Å². The molecule has 0 saturated heterocycles. The average Bonchev–Trinajstić information content (AvgIpc) is 2.38. The lowest BCUT2D eigenvalue weighted by Gasteiger charge is -2.15. The lowest BCUT2D eigenvalue weighted by molar-refractivity contribution is 0.254. The van der Waals surface area contributed by atoms with Crippen LogP contribution in [0.4, 0.5) is 5.69 Å². The Kier molecular flexibility index (Phi) is 6.74. The van der Waals surface area contributed by atoms with Crippen LogP contribution in [0, 0.1) is 5.92 Å². The van der Waals surface area contributed by atoms with Gasteiger partial charge in [0.25, 0.3) is 0 Å². The van der Waals surface area contributed by atoms with Gasteiger partial charge in [0.1, 0.15) is 0 Å². The maximum absolute atomic E-state index is 12.3. The highest BCUT2D eigenvalue weighted by Crippen LogP contribution is 2.31. The maximum atomic E-state index is 12.3. The van der Waals surface area contributed by atoms with Gasteiger partial charge in [-0.25, -0.2) is 13.1 Å². The first-order valence-electron chi connectivity index (χ1n) is 6.16. The van der Waals surface area contributed by atoms with Crippen LogP contribution < -0.4 is 10.5 Å². The highest BCUT2D eigenvalue weighted by Gasteiger charge is 2.21. The highest BCUT2D eigenvalue weighted by molar-refractivity contribution is 9.10. The molecule has 8 heteroatoms. The van der Waals surface area contributed by atoms with Crippen LogP contribution in [-0.4, -0.2) is 26.7 Å². The van der Waals surface area contributed by atoms with Crippen LogP contribution in [0.25, 0.3) is 0 Å². The Hall–Kier alpha value is -0.340. The molecule has 0 amide bonds. The van der Waals surface area contributed by atoms with Crippen molar-refractivity contribution < 1.29 is 13.5 Å². The molecule has 0 spiro atoms. The molecule has 1 atom stereocenters. The molecule has 0 radical (unpaired) electrons. The summed E-state index contributed by atoms with van der Waals surface area (Å²) in [6, 6.07) is 2.82. The van der Waals surface area contributed by atoms with Gasteiger partial charge in [-0.3, -0.25) is 0 Å². The van der Waals surface area contributed by atoms with Gasteiger partial charge in [-0.1, -0.05) is 24.9 Å². The molecule has 114 valence electrons. The number of hydrogen-bond acceptors (Lipinski definition) is 4. The molecular formula is C12H18BrClN2O3S. The van der Waals surface area contributed by atoms with E-state index in [2.05, 4.69) is 20.7 Å². The van der Waals surface area contributed by atoms with Crippen LogP contribution >= 0.6 is 27.5 Å². The van der Waals surface area contributed by atoms with Crippen LogP contribution in [0.5, 0.6) is 0 Å². The zero-order valence-electron chi connectivity index (χ0n) is 11.1. The number of nitrogens with two attached hydrogens (primary N) is 1. The van der Waals surface area contributed by atoms with E-state index in [1.54, 1.807) is 0 Å². The number of benzene rings is 1. The van der Waals surface area contributed by atoms with E-state index in [1.807, 2.05) is 6.92 Å². The quantitative estimate of drug-likeness (QED) is 0.628. The molecule has 0 saturated carbocycles. The number of aliphatic hydroxyl groups is 1. The monoisotopic (exact) mass is 384 g/mol. The minimum atomic E-state index is -3.70. The number of hydrogen-bond donors (Lipinski definition) is 3. The number of halogens is 2. The summed E-state index contributed by atoms with van der Waals surface area (Å²) in [5.74, 6) is 0.0880. The van der Waals surface area contributed by atoms with Gasteiger partial charge in [0.05, 0.1) is 9.37 Å². The maximum Gasteiger partial charge on any atom is 0.241 e. The molecule has 0 bridgehead atoms. The summed E-state index contributed by atoms with van der Waals surface area (Å²) in [7, 11) is -3.70. The second-order valence-corrected chi connectivity index (χ2v) is 7.41. The van der Waals surface area contributed by atoms with E-state index < -0.39 is 10.0 Å². The molecule has 0 fully saturated rings. The van der Waals surface area contributed by atoms with E-state index in [0.29, 0.717) is 10.9 Å². The molecule has 5 nitrogen and oxygen atoms in total. The zero-order valence-corrected chi connectivity index (χ0v) is 14.2. The third-order valence-electron chi connectivity index (χ3n) is 3.00. The summed E-state index contributed by atoms with van der Waals surface area (Å²) < 4.78 is 27.3. The van der Waals surface area contributed by atoms with Crippen molar-refractivity contribution >= 4 is 43.2 Å². The van der Waals surface area contributed by atoms with Crippen LogP contribution in [0.1, 0.15) is 19.8 Å². The van der Waals surface area contributed by atoms with Crippen molar-refractivity contribution in [1.82, 2.24) is 4.72 Å². The molecule has 1 aromatic carbocycles. The fourth-order valence-corrected chi connectivity index (χ4v) is 4.12. The third-order valence-corrected chi connectivity index (χ3v) is 5.81. The normalized spacial score (nSPS) is 13.4. The van der Waals surface area contributed by atoms with Crippen LogP contribution in [0.15, 0.2) is 21.5 Å². The van der Waals surface area contributed by atoms with Gasteiger partial charge in [-0.05, 0) is 40.4 Å². The second kappa shape index (κ2) is 7.61. The molecule has 1 rings (SSSR count). The van der Waals surface area contributed by atoms with Gasteiger partial charge >= 0.3 is 0 Å². The van der Waals surface area contributed by atoms with Crippen LogP contribution in [0.3, 0.4) is 0 Å². The van der Waals surface area contributed by atoms with E-state index in [0.717, 1.165) is 6.42 Å². The standard InChI is InChI=1S/C12H18BrClN2O3S/c1-2-8(3-4-17)7-16-20(18,19)11-6-9(14)5-10(15)12(11)13/h5-6,8,16-17H,2-4,7,15H2,1H3. The molecule has 1 aromatic rings. The average molecular weight is 386 g/mol. The second-order valence-electron chi connectivity index (χ2n) is 4.45. The minimum absolute atomic E-state index is 0.0151. The summed E-state index contributed by atoms with van der Waals surface area (Å²) in [6.45, 7) is 2.24. The number of nitrogens with one attached hydrogen (secondary N) is 1. The first kappa shape index (κ1) is 17.7. The molecule has 0 aliphatic heterocycles. The van der Waals surface area contributed by atoms with Crippen molar-refractivity contribution in [2.45, 2.75) is 24.7 Å². The van der Waals surface area contributed by atoms with Gasteiger partial charge < -0.3 is 10.8 Å². The summed E-state index contributed by atoms with van der Waals surface area (Å²) in [6.07, 6.45) is 1.33. The van der Waals surface area contributed by atoms with Crippen molar-refractivity contribution in [3.05, 3.63) is 21.6 Å². The fourth-order valence-electron chi connectivity index (χ4n) is 1.72. The summed E-state index contributed by atoms with van der Waals surface area (Å²) >= 11 is 9.00. The minimum Gasteiger partial charge on any atom is -0.398 e. The van der Waals surface area contributed by atoms with E-state index in [-0.39, 0.29) is 34.7 Å². The molecule has 0 aromatic heterocycles. The lowest BCUT2D eigenvalue weighted by atomic mass is 10.0. The largest absolute Gasteiger partial charge is 0.398 e. The highest BCUT2D eigenvalue weighted by atomic mass is 79.9. The fraction of sp³-hybridized carbons (Fsp3) is 0.500. The summed E-state index contributed by atoms with van der Waals surface area (Å²) in [5, 5.41) is 9.17. The molecule has 20 heavy (non-hydrogen) atoms. The number of nitrogen functional groups attached to an aromatic ring is 1. The SMILES string of the molecule is CCC(CCO)CNS(=O)(=O)c1cc(Cl)cc(N)c1Br. The van der Waals surface area contributed by atoms with E-state index in [4.69, 9.17) is 22.4 Å². The van der Waals surface area contributed by atoms with Crippen LogP contribution in [-0.2, 0) is 10.0 Å². The topological polar surface area (TPSA) is 92.4 Å². The summed E-state index contributed by atoms with van der Waals surface area (Å²) in [5.41, 5.74) is 5.96. The lowest BCUT2D eigenvalue weighted by Crippen LogP contribution is -2.30.